The van der Waals surface area contributed by atoms with Gasteiger partial charge in [0.15, 0.2) is 0 Å². The molecular weight excluding hydrogens is 452 g/mol. The van der Waals surface area contributed by atoms with Crippen molar-refractivity contribution in [2.24, 2.45) is 11.3 Å². The molecule has 3 N–H and O–H groups in total. The normalized spacial score (nSPS) is 16.3. The second kappa shape index (κ2) is 13.4. The summed E-state index contributed by atoms with van der Waals surface area (Å²) >= 11 is 5.63. The van der Waals surface area contributed by atoms with E-state index in [4.69, 9.17) is 17.0 Å². The molecule has 0 saturated carbocycles. The zero-order valence-electron chi connectivity index (χ0n) is 23.3. The molecule has 2 rings (SSSR count). The molecule has 1 aliphatic heterocycles. The van der Waals surface area contributed by atoms with Gasteiger partial charge in [-0.1, -0.05) is 65.3 Å². The molecule has 5 nitrogen and oxygen atoms in total. The maximum Gasteiger partial charge on any atom is 0.263 e. The minimum atomic E-state index is -0.193. The Balaban J connectivity index is 2.07. The van der Waals surface area contributed by atoms with Crippen LogP contribution in [0.25, 0.3) is 0 Å². The number of rotatable bonds is 12. The summed E-state index contributed by atoms with van der Waals surface area (Å²) in [6.07, 6.45) is 5.53. The largest absolute Gasteiger partial charge is 0.432 e. The van der Waals surface area contributed by atoms with Crippen molar-refractivity contribution in [2.75, 3.05) is 33.2 Å². The number of benzene rings is 1. The summed E-state index contributed by atoms with van der Waals surface area (Å²) in [5.41, 5.74) is 5.99. The van der Waals surface area contributed by atoms with Gasteiger partial charge in [0.1, 0.15) is 11.9 Å². The third-order valence-corrected chi connectivity index (χ3v) is 7.22. The van der Waals surface area contributed by atoms with E-state index >= 15 is 0 Å². The molecule has 0 aliphatic carbocycles. The highest BCUT2D eigenvalue weighted by atomic mass is 32.1. The molecule has 2 atom stereocenters. The van der Waals surface area contributed by atoms with Gasteiger partial charge in [0.2, 0.25) is 0 Å². The molecule has 1 saturated heterocycles. The lowest BCUT2D eigenvalue weighted by atomic mass is 9.87. The van der Waals surface area contributed by atoms with E-state index in [1.807, 2.05) is 7.05 Å². The Bertz CT molecular complexity index is 899. The lowest BCUT2D eigenvalue weighted by Gasteiger charge is -2.30. The highest BCUT2D eigenvalue weighted by molar-refractivity contribution is 7.80. The van der Waals surface area contributed by atoms with E-state index < -0.39 is 0 Å². The minimum absolute atomic E-state index is 0.0479. The Labute approximate surface area is 219 Å². The van der Waals surface area contributed by atoms with Gasteiger partial charge in [0, 0.05) is 18.8 Å². The second-order valence-electron chi connectivity index (χ2n) is 11.0. The Kier molecular flexibility index (Phi) is 11.3. The van der Waals surface area contributed by atoms with Crippen LogP contribution in [0, 0.1) is 25.2 Å². The molecule has 2 unspecified atom stereocenters. The number of aryl methyl sites for hydroxylation is 2. The second-order valence-corrected chi connectivity index (χ2v) is 11.3. The summed E-state index contributed by atoms with van der Waals surface area (Å²) in [6, 6.07) is 4.36. The fourth-order valence-electron chi connectivity index (χ4n) is 3.82. The lowest BCUT2D eigenvalue weighted by molar-refractivity contribution is 0.184. The number of thiocarbonyl (C=S) groups is 1. The van der Waals surface area contributed by atoms with Crippen LogP contribution >= 0.6 is 12.2 Å². The highest BCUT2D eigenvalue weighted by Gasteiger charge is 2.20. The number of likely N-dealkylation sites (N-methyl/N-ethyl adjacent to an activating group) is 1. The Hall–Kier alpha value is -1.89. The third kappa shape index (κ3) is 9.25. The molecule has 6 heteroatoms. The van der Waals surface area contributed by atoms with Gasteiger partial charge in [-0.05, 0) is 93.1 Å². The minimum Gasteiger partial charge on any atom is -0.432 e. The summed E-state index contributed by atoms with van der Waals surface area (Å²) in [7, 11) is 1.92. The van der Waals surface area contributed by atoms with Gasteiger partial charge in [-0.3, -0.25) is 5.32 Å². The van der Waals surface area contributed by atoms with E-state index in [9.17, 15) is 0 Å². The van der Waals surface area contributed by atoms with Crippen molar-refractivity contribution in [2.45, 2.75) is 73.9 Å². The zero-order valence-corrected chi connectivity index (χ0v) is 24.1. The monoisotopic (exact) mass is 500 g/mol. The van der Waals surface area contributed by atoms with Crippen LogP contribution in [0.3, 0.4) is 0 Å². The molecule has 1 heterocycles. The van der Waals surface area contributed by atoms with Gasteiger partial charge in [-0.25, -0.2) is 0 Å². The maximum atomic E-state index is 6.13. The van der Waals surface area contributed by atoms with Crippen molar-refractivity contribution >= 4 is 17.4 Å². The average Bonchev–Trinajstić information content (AvgIpc) is 2.75. The summed E-state index contributed by atoms with van der Waals surface area (Å²) in [5, 5.41) is 10.6. The van der Waals surface area contributed by atoms with E-state index in [1.54, 1.807) is 0 Å². The molecule has 0 spiro atoms. The van der Waals surface area contributed by atoms with Gasteiger partial charge < -0.3 is 20.3 Å². The van der Waals surface area contributed by atoms with Crippen molar-refractivity contribution in [1.29, 1.82) is 0 Å². The molecule has 35 heavy (non-hydrogen) atoms. The summed E-state index contributed by atoms with van der Waals surface area (Å²) < 4.78 is 6.13. The number of nitrogens with one attached hydrogen (secondary N) is 3. The lowest BCUT2D eigenvalue weighted by Crippen LogP contribution is -2.49. The number of allylic oxidation sites excluding steroid dienone is 1. The van der Waals surface area contributed by atoms with Gasteiger partial charge >= 0.3 is 0 Å². The molecule has 0 radical (unpaired) electrons. The summed E-state index contributed by atoms with van der Waals surface area (Å²) in [5.74, 6) is 1.24. The first kappa shape index (κ1) is 29.3. The standard InChI is InChI=1S/C29H48N4OS/c1-10-20(2)16-25(31-19-23(5)29(6,7)8)27(30-9)32-28(35)34-26-18-21(3)24(17-22(26)4)12-15-33-13-11-14-33/h16-18,20,27,30-31H,5,10-15,19H2,1-4,6-9H3,(H,32,35)/b25-16-. The predicted molar refractivity (Wildman–Crippen MR) is 154 cm³/mol. The number of hydrogen-bond donors (Lipinski definition) is 3. The van der Waals surface area contributed by atoms with E-state index in [0.717, 1.165) is 42.0 Å². The number of nitrogens with zero attached hydrogens (tertiary/aromatic N) is 1. The van der Waals surface area contributed by atoms with Crippen LogP contribution < -0.4 is 20.7 Å². The number of hydrogen-bond acceptors (Lipinski definition) is 5. The van der Waals surface area contributed by atoms with Gasteiger partial charge in [0.25, 0.3) is 5.17 Å². The molecule has 1 fully saturated rings. The van der Waals surface area contributed by atoms with E-state index in [1.165, 1.54) is 30.6 Å². The molecule has 0 aromatic heterocycles. The first-order valence-electron chi connectivity index (χ1n) is 13.1. The fraction of sp³-hybridized carbons (Fsp3) is 0.621. The van der Waals surface area contributed by atoms with Crippen LogP contribution in [0.4, 0.5) is 0 Å². The quantitative estimate of drug-likeness (QED) is 0.201. The van der Waals surface area contributed by atoms with Crippen LogP contribution in [0.15, 0.2) is 36.1 Å². The first-order chi connectivity index (χ1) is 16.4. The van der Waals surface area contributed by atoms with Crippen LogP contribution in [-0.2, 0) is 6.42 Å². The Morgan fingerprint density at radius 2 is 1.91 bits per heavy atom. The molecule has 1 aromatic carbocycles. The van der Waals surface area contributed by atoms with Crippen molar-refractivity contribution in [3.8, 4) is 5.75 Å². The smallest absolute Gasteiger partial charge is 0.263 e. The molecule has 1 aromatic rings. The summed E-state index contributed by atoms with van der Waals surface area (Å²) in [6.45, 7) is 23.8. The topological polar surface area (TPSA) is 48.6 Å². The van der Waals surface area contributed by atoms with Gasteiger partial charge in [-0.15, -0.1) is 0 Å². The van der Waals surface area contributed by atoms with Crippen LogP contribution in [-0.4, -0.2) is 49.5 Å². The molecule has 0 amide bonds. The van der Waals surface area contributed by atoms with Crippen molar-refractivity contribution in [1.82, 2.24) is 20.9 Å². The van der Waals surface area contributed by atoms with Gasteiger partial charge in [0.05, 0.1) is 0 Å². The number of likely N-dealkylation sites (tertiary alicyclic amines) is 1. The summed E-state index contributed by atoms with van der Waals surface area (Å²) in [4.78, 5) is 2.51. The van der Waals surface area contributed by atoms with Crippen molar-refractivity contribution < 1.29 is 4.74 Å². The maximum absolute atomic E-state index is 6.13. The van der Waals surface area contributed by atoms with Crippen LogP contribution in [0.1, 0.15) is 64.2 Å². The average molecular weight is 501 g/mol. The molecule has 1 aliphatic rings. The van der Waals surface area contributed by atoms with Crippen molar-refractivity contribution in [3.05, 3.63) is 52.7 Å². The van der Waals surface area contributed by atoms with E-state index in [2.05, 4.69) is 94.1 Å². The molecule has 196 valence electrons. The van der Waals surface area contributed by atoms with Crippen LogP contribution in [0.2, 0.25) is 0 Å². The predicted octanol–water partition coefficient (Wildman–Crippen LogP) is 5.47. The molecular formula is C29H48N4OS. The van der Waals surface area contributed by atoms with Gasteiger partial charge in [-0.2, -0.15) is 0 Å². The molecule has 0 bridgehead atoms. The van der Waals surface area contributed by atoms with E-state index in [0.29, 0.717) is 17.6 Å². The Morgan fingerprint density at radius 1 is 1.23 bits per heavy atom. The SMILES string of the molecule is C=C(CN/C(=C\C(C)CC)C(NC)NC(=S)Oc1cc(C)c(CCN2CCC2)cc1C)C(C)(C)C. The Morgan fingerprint density at radius 3 is 2.46 bits per heavy atom. The zero-order chi connectivity index (χ0) is 26.2. The van der Waals surface area contributed by atoms with Crippen LogP contribution in [0.5, 0.6) is 5.75 Å². The fourth-order valence-corrected chi connectivity index (χ4v) is 4.03. The highest BCUT2D eigenvalue weighted by Crippen LogP contribution is 2.25. The third-order valence-electron chi connectivity index (χ3n) is 7.02. The van der Waals surface area contributed by atoms with E-state index in [-0.39, 0.29) is 11.6 Å². The first-order valence-corrected chi connectivity index (χ1v) is 13.5. The van der Waals surface area contributed by atoms with Crippen molar-refractivity contribution in [3.63, 3.8) is 0 Å². The number of ether oxygens (including phenoxy) is 1.